The van der Waals surface area contributed by atoms with E-state index in [1.807, 2.05) is 13.0 Å². The van der Waals surface area contributed by atoms with Gasteiger partial charge < -0.3 is 19.5 Å². The third-order valence-electron chi connectivity index (χ3n) is 6.23. The Labute approximate surface area is 230 Å². The Morgan fingerprint density at radius 2 is 2.03 bits per heavy atom. The van der Waals surface area contributed by atoms with Gasteiger partial charge in [-0.25, -0.2) is 15.0 Å². The lowest BCUT2D eigenvalue weighted by Gasteiger charge is -2.44. The van der Waals surface area contributed by atoms with Crippen LogP contribution < -0.4 is 15.4 Å². The SMILES string of the molecule is C[C@H]1C[C@H]2COC(NC(=O)c3ccccc3)=N[C@@]2(c2nc(NC(=O)c3ncc(OC(F)F)cc3Cl)cs2)CO1. The lowest BCUT2D eigenvalue weighted by molar-refractivity contribution is -0.0739. The summed E-state index contributed by atoms with van der Waals surface area (Å²) >= 11 is 7.32. The van der Waals surface area contributed by atoms with Gasteiger partial charge in [0.25, 0.3) is 17.8 Å². The molecule has 204 valence electrons. The van der Waals surface area contributed by atoms with Crippen molar-refractivity contribution in [3.8, 4) is 5.75 Å². The predicted molar refractivity (Wildman–Crippen MR) is 138 cm³/mol. The Morgan fingerprint density at radius 3 is 2.77 bits per heavy atom. The van der Waals surface area contributed by atoms with E-state index in [9.17, 15) is 18.4 Å². The molecule has 0 saturated carbocycles. The van der Waals surface area contributed by atoms with Crippen LogP contribution in [0.2, 0.25) is 5.02 Å². The molecule has 2 aliphatic rings. The number of hydrogen-bond acceptors (Lipinski definition) is 9. The van der Waals surface area contributed by atoms with E-state index in [1.54, 1.807) is 29.6 Å². The first kappa shape index (κ1) is 26.9. The number of alkyl halides is 2. The molecule has 1 fully saturated rings. The minimum atomic E-state index is -3.05. The number of aromatic nitrogens is 2. The second-order valence-corrected chi connectivity index (χ2v) is 10.2. The molecule has 14 heteroatoms. The number of thiazole rings is 1. The maximum atomic E-state index is 12.8. The number of ether oxygens (including phenoxy) is 3. The second-order valence-electron chi connectivity index (χ2n) is 8.90. The molecule has 10 nitrogen and oxygen atoms in total. The molecule has 5 rings (SSSR count). The summed E-state index contributed by atoms with van der Waals surface area (Å²) in [6, 6.07) is 9.82. The van der Waals surface area contributed by atoms with Gasteiger partial charge >= 0.3 is 6.61 Å². The molecule has 1 saturated heterocycles. The number of pyridine rings is 1. The van der Waals surface area contributed by atoms with Gasteiger partial charge in [0.2, 0.25) is 0 Å². The van der Waals surface area contributed by atoms with Crippen LogP contribution in [0.15, 0.2) is 53.0 Å². The number of carbonyl (C=O) groups is 2. The summed E-state index contributed by atoms with van der Waals surface area (Å²) in [5.74, 6) is -1.20. The van der Waals surface area contributed by atoms with Crippen molar-refractivity contribution in [1.82, 2.24) is 15.3 Å². The molecule has 3 atom stereocenters. The van der Waals surface area contributed by atoms with E-state index in [0.717, 1.165) is 12.3 Å². The first-order chi connectivity index (χ1) is 18.7. The van der Waals surface area contributed by atoms with Crippen LogP contribution in [0, 0.1) is 5.92 Å². The van der Waals surface area contributed by atoms with Gasteiger partial charge in [0, 0.05) is 22.9 Å². The Hall–Kier alpha value is -3.68. The van der Waals surface area contributed by atoms with E-state index in [-0.39, 0.29) is 59.4 Å². The zero-order chi connectivity index (χ0) is 27.6. The molecule has 2 amide bonds. The van der Waals surface area contributed by atoms with Crippen molar-refractivity contribution in [2.24, 2.45) is 10.9 Å². The smallest absolute Gasteiger partial charge is 0.387 e. The molecule has 3 aromatic rings. The zero-order valence-electron chi connectivity index (χ0n) is 20.4. The second kappa shape index (κ2) is 11.2. The quantitative estimate of drug-likeness (QED) is 0.442. The van der Waals surface area contributed by atoms with Crippen LogP contribution in [0.1, 0.15) is 39.2 Å². The number of amides is 2. The van der Waals surface area contributed by atoms with Crippen molar-refractivity contribution in [3.63, 3.8) is 0 Å². The van der Waals surface area contributed by atoms with Gasteiger partial charge in [-0.05, 0) is 25.5 Å². The lowest BCUT2D eigenvalue weighted by atomic mass is 9.79. The fraction of sp³-hybridized carbons (Fsp3) is 0.320. The topological polar surface area (TPSA) is 124 Å². The molecule has 2 aliphatic heterocycles. The first-order valence-electron chi connectivity index (χ1n) is 11.8. The summed E-state index contributed by atoms with van der Waals surface area (Å²) in [7, 11) is 0. The molecule has 0 unspecified atom stereocenters. The predicted octanol–water partition coefficient (Wildman–Crippen LogP) is 4.48. The Bertz CT molecular complexity index is 1410. The molecule has 0 radical (unpaired) electrons. The Morgan fingerprint density at radius 1 is 1.23 bits per heavy atom. The van der Waals surface area contributed by atoms with Gasteiger partial charge in [0.05, 0.1) is 30.5 Å². The highest BCUT2D eigenvalue weighted by Crippen LogP contribution is 2.45. The molecule has 0 spiro atoms. The average Bonchev–Trinajstić information content (AvgIpc) is 3.38. The van der Waals surface area contributed by atoms with E-state index in [4.69, 9.17) is 26.1 Å². The van der Waals surface area contributed by atoms with E-state index in [2.05, 4.69) is 25.3 Å². The molecule has 4 heterocycles. The van der Waals surface area contributed by atoms with Crippen molar-refractivity contribution < 1.29 is 32.6 Å². The third kappa shape index (κ3) is 5.84. The number of rotatable bonds is 6. The minimum absolute atomic E-state index is 0.0215. The number of anilines is 1. The van der Waals surface area contributed by atoms with Crippen LogP contribution in [-0.4, -0.2) is 53.7 Å². The lowest BCUT2D eigenvalue weighted by Crippen LogP contribution is -2.52. The number of nitrogens with zero attached hydrogens (tertiary/aromatic N) is 3. The molecule has 0 bridgehead atoms. The monoisotopic (exact) mass is 577 g/mol. The Kier molecular flexibility index (Phi) is 7.73. The average molecular weight is 578 g/mol. The van der Waals surface area contributed by atoms with Crippen molar-refractivity contribution in [1.29, 1.82) is 0 Å². The number of hydrogen-bond donors (Lipinski definition) is 2. The highest BCUT2D eigenvalue weighted by molar-refractivity contribution is 7.10. The van der Waals surface area contributed by atoms with Gasteiger partial charge in [-0.2, -0.15) is 8.78 Å². The highest BCUT2D eigenvalue weighted by Gasteiger charge is 2.50. The largest absolute Gasteiger partial charge is 0.465 e. The fourth-order valence-corrected chi connectivity index (χ4v) is 5.54. The van der Waals surface area contributed by atoms with Crippen LogP contribution >= 0.6 is 22.9 Å². The summed E-state index contributed by atoms with van der Waals surface area (Å²) in [5, 5.41) is 7.36. The standard InChI is InChI=1S/C25H22ClF2N5O5S/c1-13-7-15-10-36-24(32-20(34)14-5-3-2-4-6-14)33-25(15,12-37-13)22-31-18(11-39-22)30-21(35)19-17(26)8-16(9-29-19)38-23(27)28/h2-6,8-9,11,13,15,23H,7,10,12H2,1H3,(H,30,35)(H,32,33,34)/t13-,15-,25-/m0/s1. The molecular weight excluding hydrogens is 556 g/mol. The molecule has 0 aliphatic carbocycles. The number of aliphatic imine (C=N–C) groups is 1. The van der Waals surface area contributed by atoms with Crippen LogP contribution in [-0.2, 0) is 15.0 Å². The summed E-state index contributed by atoms with van der Waals surface area (Å²) < 4.78 is 40.9. The van der Waals surface area contributed by atoms with Crippen molar-refractivity contribution in [3.05, 3.63) is 69.3 Å². The van der Waals surface area contributed by atoms with E-state index < -0.39 is 18.1 Å². The van der Waals surface area contributed by atoms with Crippen molar-refractivity contribution in [2.45, 2.75) is 31.6 Å². The molecule has 2 aromatic heterocycles. The number of halogens is 3. The normalized spacial score (nSPS) is 22.3. The summed E-state index contributed by atoms with van der Waals surface area (Å²) in [6.07, 6.45) is 1.61. The van der Waals surface area contributed by atoms with E-state index in [0.29, 0.717) is 17.0 Å². The fourth-order valence-electron chi connectivity index (χ4n) is 4.34. The highest BCUT2D eigenvalue weighted by atomic mass is 35.5. The number of benzene rings is 1. The van der Waals surface area contributed by atoms with Crippen LogP contribution in [0.5, 0.6) is 5.75 Å². The minimum Gasteiger partial charge on any atom is -0.465 e. The van der Waals surface area contributed by atoms with E-state index >= 15 is 0 Å². The van der Waals surface area contributed by atoms with Gasteiger partial charge in [-0.1, -0.05) is 29.8 Å². The molecular formula is C25H22ClF2N5O5S. The summed E-state index contributed by atoms with van der Waals surface area (Å²) in [4.78, 5) is 38.7. The third-order valence-corrected chi connectivity index (χ3v) is 7.53. The molecule has 39 heavy (non-hydrogen) atoms. The molecule has 2 N–H and O–H groups in total. The van der Waals surface area contributed by atoms with Crippen molar-refractivity contribution in [2.75, 3.05) is 18.5 Å². The first-order valence-corrected chi connectivity index (χ1v) is 13.1. The number of nitrogens with one attached hydrogen (secondary N) is 2. The van der Waals surface area contributed by atoms with Crippen LogP contribution in [0.3, 0.4) is 0 Å². The zero-order valence-corrected chi connectivity index (χ0v) is 22.0. The summed E-state index contributed by atoms with van der Waals surface area (Å²) in [5.41, 5.74) is -0.676. The van der Waals surface area contributed by atoms with Gasteiger partial charge in [0.15, 0.2) is 0 Å². The maximum absolute atomic E-state index is 12.8. The van der Waals surface area contributed by atoms with Crippen LogP contribution in [0.25, 0.3) is 0 Å². The number of fused-ring (bicyclic) bond motifs is 1. The van der Waals surface area contributed by atoms with Gasteiger partial charge in [0.1, 0.15) is 27.8 Å². The number of carbonyl (C=O) groups excluding carboxylic acids is 2. The molecule has 1 aromatic carbocycles. The number of amidine groups is 1. The van der Waals surface area contributed by atoms with Crippen molar-refractivity contribution >= 4 is 46.6 Å². The van der Waals surface area contributed by atoms with E-state index in [1.165, 1.54) is 11.3 Å². The maximum Gasteiger partial charge on any atom is 0.387 e. The van der Waals surface area contributed by atoms with Gasteiger partial charge in [-0.15, -0.1) is 11.3 Å². The van der Waals surface area contributed by atoms with Crippen LogP contribution in [0.4, 0.5) is 14.6 Å². The van der Waals surface area contributed by atoms with Gasteiger partial charge in [-0.3, -0.25) is 14.9 Å². The Balaban J connectivity index is 1.37. The summed E-state index contributed by atoms with van der Waals surface area (Å²) in [6.45, 7) is -0.601.